The van der Waals surface area contributed by atoms with E-state index in [1.165, 1.54) is 13.2 Å². The number of hydrogen-bond donors (Lipinski definition) is 1. The molecule has 84 valence electrons. The average Bonchev–Trinajstić information content (AvgIpc) is 2.26. The minimum Gasteiger partial charge on any atom is -0.497 e. The summed E-state index contributed by atoms with van der Waals surface area (Å²) < 4.78 is 23.2. The molecule has 0 fully saturated rings. The number of methoxy groups -OCH3 is 2. The van der Waals surface area contributed by atoms with E-state index in [9.17, 15) is 4.39 Å². The molecule has 0 unspecified atom stereocenters. The van der Waals surface area contributed by atoms with E-state index in [4.69, 9.17) is 9.47 Å². The smallest absolute Gasteiger partial charge is 0.131 e. The van der Waals surface area contributed by atoms with Gasteiger partial charge in [-0.25, -0.2) is 4.39 Å². The number of hydrogen-bond acceptors (Lipinski definition) is 3. The van der Waals surface area contributed by atoms with Crippen LogP contribution in [0.15, 0.2) is 18.2 Å². The van der Waals surface area contributed by atoms with Crippen molar-refractivity contribution in [2.45, 2.75) is 6.54 Å². The predicted molar refractivity (Wildman–Crippen MR) is 56.5 cm³/mol. The maximum atomic E-state index is 13.4. The lowest BCUT2D eigenvalue weighted by atomic mass is 10.2. The number of nitrogens with one attached hydrogen (secondary N) is 1. The third-order valence-corrected chi connectivity index (χ3v) is 2.06. The lowest BCUT2D eigenvalue weighted by Crippen LogP contribution is -2.19. The van der Waals surface area contributed by atoms with Gasteiger partial charge in [0.15, 0.2) is 0 Å². The Morgan fingerprint density at radius 1 is 1.33 bits per heavy atom. The van der Waals surface area contributed by atoms with E-state index in [0.29, 0.717) is 31.0 Å². The lowest BCUT2D eigenvalue weighted by Gasteiger charge is -2.06. The largest absolute Gasteiger partial charge is 0.497 e. The van der Waals surface area contributed by atoms with Gasteiger partial charge in [0.25, 0.3) is 0 Å². The van der Waals surface area contributed by atoms with Gasteiger partial charge in [-0.3, -0.25) is 0 Å². The molecule has 1 N–H and O–H groups in total. The van der Waals surface area contributed by atoms with Gasteiger partial charge in [-0.1, -0.05) is 6.07 Å². The molecule has 0 bridgehead atoms. The number of rotatable bonds is 6. The highest BCUT2D eigenvalue weighted by molar-refractivity contribution is 5.28. The monoisotopic (exact) mass is 213 g/mol. The molecule has 0 amide bonds. The highest BCUT2D eigenvalue weighted by atomic mass is 19.1. The van der Waals surface area contributed by atoms with E-state index < -0.39 is 0 Å². The zero-order valence-electron chi connectivity index (χ0n) is 9.05. The van der Waals surface area contributed by atoms with Crippen molar-refractivity contribution in [2.75, 3.05) is 27.4 Å². The van der Waals surface area contributed by atoms with Crippen molar-refractivity contribution < 1.29 is 13.9 Å². The molecule has 1 aromatic carbocycles. The van der Waals surface area contributed by atoms with Crippen LogP contribution in [0.5, 0.6) is 5.75 Å². The van der Waals surface area contributed by atoms with Crippen LogP contribution in [-0.2, 0) is 11.3 Å². The Bertz CT molecular complexity index is 305. The highest BCUT2D eigenvalue weighted by Gasteiger charge is 2.02. The second kappa shape index (κ2) is 6.37. The van der Waals surface area contributed by atoms with Crippen LogP contribution in [0.4, 0.5) is 4.39 Å². The topological polar surface area (TPSA) is 30.5 Å². The molecule has 0 saturated heterocycles. The molecular formula is C11H16FNO2. The first kappa shape index (κ1) is 11.9. The zero-order chi connectivity index (χ0) is 11.1. The Balaban J connectivity index is 2.47. The summed E-state index contributed by atoms with van der Waals surface area (Å²) in [6.07, 6.45) is 0. The molecule has 1 aromatic rings. The molecule has 4 heteroatoms. The first-order valence-electron chi connectivity index (χ1n) is 4.80. The Hall–Kier alpha value is -1.13. The molecule has 1 rings (SSSR count). The van der Waals surface area contributed by atoms with Crippen LogP contribution in [0.3, 0.4) is 0 Å². The van der Waals surface area contributed by atoms with Crippen LogP contribution in [0, 0.1) is 5.82 Å². The van der Waals surface area contributed by atoms with Crippen molar-refractivity contribution in [1.29, 1.82) is 0 Å². The van der Waals surface area contributed by atoms with Gasteiger partial charge in [0.2, 0.25) is 0 Å². The van der Waals surface area contributed by atoms with Crippen LogP contribution in [0.2, 0.25) is 0 Å². The quantitative estimate of drug-likeness (QED) is 0.728. The Morgan fingerprint density at radius 2 is 2.13 bits per heavy atom. The Labute approximate surface area is 89.2 Å². The number of halogens is 1. The maximum Gasteiger partial charge on any atom is 0.131 e. The molecule has 0 heterocycles. The summed E-state index contributed by atoms with van der Waals surface area (Å²) in [6, 6.07) is 4.84. The van der Waals surface area contributed by atoms with E-state index in [2.05, 4.69) is 5.32 Å². The fourth-order valence-corrected chi connectivity index (χ4v) is 1.20. The Morgan fingerprint density at radius 3 is 2.73 bits per heavy atom. The number of benzene rings is 1. The van der Waals surface area contributed by atoms with Gasteiger partial charge in [-0.05, 0) is 6.07 Å². The molecule has 3 nitrogen and oxygen atoms in total. The van der Waals surface area contributed by atoms with E-state index in [-0.39, 0.29) is 5.82 Å². The summed E-state index contributed by atoms with van der Waals surface area (Å²) in [6.45, 7) is 1.83. The van der Waals surface area contributed by atoms with Gasteiger partial charge < -0.3 is 14.8 Å². The highest BCUT2D eigenvalue weighted by Crippen LogP contribution is 2.15. The van der Waals surface area contributed by atoms with Gasteiger partial charge in [0.1, 0.15) is 11.6 Å². The second-order valence-electron chi connectivity index (χ2n) is 3.13. The van der Waals surface area contributed by atoms with Crippen LogP contribution in [0.1, 0.15) is 5.56 Å². The lowest BCUT2D eigenvalue weighted by molar-refractivity contribution is 0.199. The molecule has 0 aliphatic carbocycles. The fraction of sp³-hybridized carbons (Fsp3) is 0.455. The fourth-order valence-electron chi connectivity index (χ4n) is 1.20. The molecule has 0 atom stereocenters. The summed E-state index contributed by atoms with van der Waals surface area (Å²) in [7, 11) is 3.15. The van der Waals surface area contributed by atoms with Gasteiger partial charge in [-0.15, -0.1) is 0 Å². The van der Waals surface area contributed by atoms with Crippen LogP contribution in [0.25, 0.3) is 0 Å². The SMILES string of the molecule is COCCNCc1ccc(OC)cc1F. The van der Waals surface area contributed by atoms with Crippen LogP contribution < -0.4 is 10.1 Å². The molecule has 0 aliphatic rings. The Kier molecular flexibility index (Phi) is 5.07. The van der Waals surface area contributed by atoms with Crippen molar-refractivity contribution in [2.24, 2.45) is 0 Å². The first-order valence-corrected chi connectivity index (χ1v) is 4.80. The molecule has 0 aromatic heterocycles. The average molecular weight is 213 g/mol. The third kappa shape index (κ3) is 3.85. The summed E-state index contributed by atoms with van der Waals surface area (Å²) in [4.78, 5) is 0. The van der Waals surface area contributed by atoms with Crippen LogP contribution in [-0.4, -0.2) is 27.4 Å². The van der Waals surface area contributed by atoms with Gasteiger partial charge in [0.05, 0.1) is 13.7 Å². The van der Waals surface area contributed by atoms with Crippen molar-refractivity contribution in [3.05, 3.63) is 29.6 Å². The minimum atomic E-state index is -0.251. The van der Waals surface area contributed by atoms with Gasteiger partial charge >= 0.3 is 0 Å². The standard InChI is InChI=1S/C11H16FNO2/c1-14-6-5-13-8-9-3-4-10(15-2)7-11(9)12/h3-4,7,13H,5-6,8H2,1-2H3. The van der Waals surface area contributed by atoms with Crippen molar-refractivity contribution in [3.63, 3.8) is 0 Å². The molecule has 0 aliphatic heterocycles. The summed E-state index contributed by atoms with van der Waals surface area (Å²) in [5, 5.41) is 3.08. The summed E-state index contributed by atoms with van der Waals surface area (Å²) in [5.74, 6) is 0.285. The zero-order valence-corrected chi connectivity index (χ0v) is 9.05. The van der Waals surface area contributed by atoms with Crippen molar-refractivity contribution in [3.8, 4) is 5.75 Å². The first-order chi connectivity index (χ1) is 7.27. The summed E-state index contributed by atoms with van der Waals surface area (Å²) >= 11 is 0. The van der Waals surface area contributed by atoms with Crippen molar-refractivity contribution >= 4 is 0 Å². The van der Waals surface area contributed by atoms with Crippen molar-refractivity contribution in [1.82, 2.24) is 5.32 Å². The second-order valence-corrected chi connectivity index (χ2v) is 3.13. The molecule has 0 radical (unpaired) electrons. The number of ether oxygens (including phenoxy) is 2. The molecular weight excluding hydrogens is 197 g/mol. The predicted octanol–water partition coefficient (Wildman–Crippen LogP) is 1.57. The van der Waals surface area contributed by atoms with E-state index in [1.54, 1.807) is 19.2 Å². The molecule has 15 heavy (non-hydrogen) atoms. The maximum absolute atomic E-state index is 13.4. The van der Waals surface area contributed by atoms with Gasteiger partial charge in [0, 0.05) is 31.8 Å². The summed E-state index contributed by atoms with van der Waals surface area (Å²) in [5.41, 5.74) is 0.631. The van der Waals surface area contributed by atoms with E-state index in [0.717, 1.165) is 0 Å². The minimum absolute atomic E-state index is 0.251. The molecule has 0 spiro atoms. The third-order valence-electron chi connectivity index (χ3n) is 2.06. The normalized spacial score (nSPS) is 10.3. The van der Waals surface area contributed by atoms with Gasteiger partial charge in [-0.2, -0.15) is 0 Å². The van der Waals surface area contributed by atoms with Crippen LogP contribution >= 0.6 is 0 Å². The van der Waals surface area contributed by atoms with E-state index >= 15 is 0 Å². The molecule has 0 saturated carbocycles. The van der Waals surface area contributed by atoms with E-state index in [1.807, 2.05) is 0 Å².